The summed E-state index contributed by atoms with van der Waals surface area (Å²) in [6, 6.07) is 0. The molecule has 0 N–H and O–H groups in total. The molecule has 0 aliphatic carbocycles. The Kier molecular flexibility index (Phi) is 4.88. The molecule has 1 nitrogen and oxygen atoms in total. The highest BCUT2D eigenvalue weighted by Gasteiger charge is 2.15. The first kappa shape index (κ1) is 10.6. The van der Waals surface area contributed by atoms with Crippen LogP contribution >= 0.6 is 0 Å². The molecule has 1 saturated heterocycles. The van der Waals surface area contributed by atoms with Crippen molar-refractivity contribution in [3.05, 3.63) is 18.4 Å². The third-order valence-electron chi connectivity index (χ3n) is 2.81. The van der Waals surface area contributed by atoms with Gasteiger partial charge in [0.25, 0.3) is 0 Å². The summed E-state index contributed by atoms with van der Waals surface area (Å²) >= 11 is 0. The molecule has 13 heavy (non-hydrogen) atoms. The second-order valence-electron chi connectivity index (χ2n) is 3.90. The van der Waals surface area contributed by atoms with Gasteiger partial charge in [0.2, 0.25) is 0 Å². The van der Waals surface area contributed by atoms with Crippen molar-refractivity contribution in [2.45, 2.75) is 32.6 Å². The Morgan fingerprint density at radius 3 is 2.69 bits per heavy atom. The fourth-order valence-electron chi connectivity index (χ4n) is 1.89. The monoisotopic (exact) mass is 179 g/mol. The molecular weight excluding hydrogens is 158 g/mol. The number of likely N-dealkylation sites (tertiary alicyclic amines) is 1. The van der Waals surface area contributed by atoms with Crippen LogP contribution in [0.5, 0.6) is 0 Å². The van der Waals surface area contributed by atoms with Crippen LogP contribution in [0, 0.1) is 5.92 Å². The average Bonchev–Trinajstić information content (AvgIpc) is 2.17. The topological polar surface area (TPSA) is 3.24 Å². The molecule has 1 heteroatoms. The maximum atomic E-state index is 3.63. The number of piperidine rings is 1. The summed E-state index contributed by atoms with van der Waals surface area (Å²) in [5.41, 5.74) is 2.90. The van der Waals surface area contributed by atoms with E-state index in [-0.39, 0.29) is 0 Å². The fourth-order valence-corrected chi connectivity index (χ4v) is 1.89. The maximum absolute atomic E-state index is 3.63. The minimum atomic E-state index is 0.746. The SMILES string of the molecule is C=C=CC1CCN(CCCC)CC1. The first-order valence-corrected chi connectivity index (χ1v) is 5.45. The molecule has 1 fully saturated rings. The molecular formula is C12H21N. The molecule has 0 atom stereocenters. The highest BCUT2D eigenvalue weighted by atomic mass is 15.1. The first-order valence-electron chi connectivity index (χ1n) is 5.45. The molecule has 1 rings (SSSR count). The van der Waals surface area contributed by atoms with Gasteiger partial charge in [-0.15, -0.1) is 5.73 Å². The molecule has 0 radical (unpaired) electrons. The molecule has 0 bridgehead atoms. The predicted molar refractivity (Wildman–Crippen MR) is 57.8 cm³/mol. The van der Waals surface area contributed by atoms with Crippen LogP contribution in [-0.2, 0) is 0 Å². The van der Waals surface area contributed by atoms with Gasteiger partial charge in [0, 0.05) is 0 Å². The molecule has 1 aliphatic rings. The van der Waals surface area contributed by atoms with Gasteiger partial charge in [-0.2, -0.15) is 0 Å². The molecule has 1 aliphatic heterocycles. The highest BCUT2D eigenvalue weighted by molar-refractivity contribution is 4.88. The fraction of sp³-hybridized carbons (Fsp3) is 0.750. The van der Waals surface area contributed by atoms with Crippen LogP contribution in [0.4, 0.5) is 0 Å². The van der Waals surface area contributed by atoms with Gasteiger partial charge in [0.1, 0.15) is 0 Å². The van der Waals surface area contributed by atoms with Crippen molar-refractivity contribution in [2.75, 3.05) is 19.6 Å². The quantitative estimate of drug-likeness (QED) is 0.600. The van der Waals surface area contributed by atoms with Gasteiger partial charge in [0.05, 0.1) is 0 Å². The van der Waals surface area contributed by atoms with E-state index < -0.39 is 0 Å². The van der Waals surface area contributed by atoms with Crippen LogP contribution in [-0.4, -0.2) is 24.5 Å². The lowest BCUT2D eigenvalue weighted by molar-refractivity contribution is 0.201. The minimum absolute atomic E-state index is 0.746. The van der Waals surface area contributed by atoms with Crippen LogP contribution < -0.4 is 0 Å². The molecule has 0 aromatic carbocycles. The van der Waals surface area contributed by atoms with Crippen molar-refractivity contribution in [1.29, 1.82) is 0 Å². The molecule has 0 amide bonds. The summed E-state index contributed by atoms with van der Waals surface area (Å²) in [6.07, 6.45) is 7.39. The minimum Gasteiger partial charge on any atom is -0.303 e. The van der Waals surface area contributed by atoms with Crippen molar-refractivity contribution in [3.63, 3.8) is 0 Å². The Bertz CT molecular complexity index is 172. The number of hydrogen-bond donors (Lipinski definition) is 0. The van der Waals surface area contributed by atoms with Crippen LogP contribution in [0.25, 0.3) is 0 Å². The van der Waals surface area contributed by atoms with Crippen LogP contribution in [0.3, 0.4) is 0 Å². The molecule has 0 unspecified atom stereocenters. The van der Waals surface area contributed by atoms with Crippen LogP contribution in [0.2, 0.25) is 0 Å². The molecule has 0 saturated carbocycles. The van der Waals surface area contributed by atoms with Crippen molar-refractivity contribution in [1.82, 2.24) is 4.90 Å². The van der Waals surface area contributed by atoms with Gasteiger partial charge in [-0.1, -0.05) is 19.9 Å². The van der Waals surface area contributed by atoms with Crippen LogP contribution in [0.1, 0.15) is 32.6 Å². The van der Waals surface area contributed by atoms with Gasteiger partial charge in [-0.3, -0.25) is 0 Å². The molecule has 0 aromatic heterocycles. The summed E-state index contributed by atoms with van der Waals surface area (Å²) in [5.74, 6) is 0.746. The average molecular weight is 179 g/mol. The van der Waals surface area contributed by atoms with E-state index >= 15 is 0 Å². The zero-order chi connectivity index (χ0) is 9.52. The third kappa shape index (κ3) is 3.80. The van der Waals surface area contributed by atoms with Gasteiger partial charge in [-0.05, 0) is 50.9 Å². The van der Waals surface area contributed by atoms with E-state index in [9.17, 15) is 0 Å². The van der Waals surface area contributed by atoms with E-state index in [0.717, 1.165) is 5.92 Å². The summed E-state index contributed by atoms with van der Waals surface area (Å²) in [4.78, 5) is 2.58. The van der Waals surface area contributed by atoms with E-state index in [1.807, 2.05) is 0 Å². The van der Waals surface area contributed by atoms with Gasteiger partial charge in [-0.25, -0.2) is 0 Å². The van der Waals surface area contributed by atoms with E-state index in [4.69, 9.17) is 0 Å². The zero-order valence-electron chi connectivity index (χ0n) is 8.76. The largest absolute Gasteiger partial charge is 0.303 e. The third-order valence-corrected chi connectivity index (χ3v) is 2.81. The van der Waals surface area contributed by atoms with Crippen LogP contribution in [0.15, 0.2) is 18.4 Å². The van der Waals surface area contributed by atoms with Gasteiger partial charge in [0.15, 0.2) is 0 Å². The van der Waals surface area contributed by atoms with Crippen molar-refractivity contribution in [2.24, 2.45) is 5.92 Å². The van der Waals surface area contributed by atoms with Crippen molar-refractivity contribution in [3.8, 4) is 0 Å². The smallest absolute Gasteiger partial charge is 0.00129 e. The first-order chi connectivity index (χ1) is 6.36. The Morgan fingerprint density at radius 1 is 1.46 bits per heavy atom. The lowest BCUT2D eigenvalue weighted by Crippen LogP contribution is -2.33. The lowest BCUT2D eigenvalue weighted by Gasteiger charge is -2.30. The summed E-state index contributed by atoms with van der Waals surface area (Å²) in [5, 5.41) is 0. The van der Waals surface area contributed by atoms with Gasteiger partial charge >= 0.3 is 0 Å². The van der Waals surface area contributed by atoms with Gasteiger partial charge < -0.3 is 4.90 Å². The second-order valence-corrected chi connectivity index (χ2v) is 3.90. The van der Waals surface area contributed by atoms with E-state index in [0.29, 0.717) is 0 Å². The standard InChI is InChI=1S/C12H21N/c1-3-5-9-13-10-7-12(6-4-2)8-11-13/h6,12H,2-3,5,7-11H2,1H3. The number of rotatable bonds is 4. The molecule has 1 heterocycles. The lowest BCUT2D eigenvalue weighted by atomic mass is 9.97. The molecule has 74 valence electrons. The van der Waals surface area contributed by atoms with E-state index in [1.54, 1.807) is 0 Å². The van der Waals surface area contributed by atoms with Crippen molar-refractivity contribution >= 4 is 0 Å². The van der Waals surface area contributed by atoms with Crippen molar-refractivity contribution < 1.29 is 0 Å². The second kappa shape index (κ2) is 6.01. The Hall–Kier alpha value is -0.520. The number of unbranched alkanes of at least 4 members (excludes halogenated alkanes) is 1. The zero-order valence-corrected chi connectivity index (χ0v) is 8.76. The Labute approximate surface area is 82.1 Å². The maximum Gasteiger partial charge on any atom is -0.00129 e. The van der Waals surface area contributed by atoms with E-state index in [2.05, 4.69) is 30.2 Å². The number of allylic oxidation sites excluding steroid dienone is 1. The predicted octanol–water partition coefficient (Wildman–Crippen LogP) is 2.84. The Balaban J connectivity index is 2.18. The number of nitrogens with zero attached hydrogens (tertiary/aromatic N) is 1. The molecule has 0 aromatic rings. The summed E-state index contributed by atoms with van der Waals surface area (Å²) < 4.78 is 0. The normalized spacial score (nSPS) is 19.8. The number of hydrogen-bond acceptors (Lipinski definition) is 1. The van der Waals surface area contributed by atoms with E-state index in [1.165, 1.54) is 45.3 Å². The summed E-state index contributed by atoms with van der Waals surface area (Å²) in [7, 11) is 0. The Morgan fingerprint density at radius 2 is 2.15 bits per heavy atom. The molecule has 0 spiro atoms. The highest BCUT2D eigenvalue weighted by Crippen LogP contribution is 2.17. The summed E-state index contributed by atoms with van der Waals surface area (Å²) in [6.45, 7) is 9.71.